The van der Waals surface area contributed by atoms with Crippen LogP contribution in [0.1, 0.15) is 13.8 Å². The number of anilines is 1. The lowest BCUT2D eigenvalue weighted by molar-refractivity contribution is 0.242. The van der Waals surface area contributed by atoms with Gasteiger partial charge in [-0.3, -0.25) is 0 Å². The van der Waals surface area contributed by atoms with Crippen LogP contribution in [0.2, 0.25) is 0 Å². The van der Waals surface area contributed by atoms with Crippen LogP contribution in [0.15, 0.2) is 24.3 Å². The maximum Gasteiger partial charge on any atom is 0.319 e. The maximum absolute atomic E-state index is 11.7. The quantitative estimate of drug-likeness (QED) is 0.743. The first kappa shape index (κ1) is 13.3. The number of hydrogen-bond donors (Lipinski definition) is 3. The number of hydrogen-bond acceptors (Lipinski definition) is 3. The summed E-state index contributed by atoms with van der Waals surface area (Å²) in [5.41, 5.74) is 5.78. The molecule has 0 atom stereocenters. The molecule has 1 rings (SSSR count). The van der Waals surface area contributed by atoms with Crippen LogP contribution in [-0.2, 0) is 0 Å². The van der Waals surface area contributed by atoms with Crippen LogP contribution in [0.25, 0.3) is 0 Å². The molecule has 0 spiro atoms. The Bertz CT molecular complexity index is 391. The molecule has 0 radical (unpaired) electrons. The van der Waals surface area contributed by atoms with E-state index in [9.17, 15) is 4.79 Å². The monoisotopic (exact) mass is 237 g/mol. The zero-order valence-corrected chi connectivity index (χ0v) is 10.4. The lowest BCUT2D eigenvalue weighted by Gasteiger charge is -2.24. The molecule has 0 unspecified atom stereocenters. The zero-order valence-electron chi connectivity index (χ0n) is 10.4. The summed E-state index contributed by atoms with van der Waals surface area (Å²) in [6.45, 7) is 4.09. The van der Waals surface area contributed by atoms with E-state index in [0.29, 0.717) is 18.0 Å². The van der Waals surface area contributed by atoms with E-state index in [4.69, 9.17) is 10.5 Å². The molecule has 0 bridgehead atoms. The Kier molecular flexibility index (Phi) is 4.34. The average Bonchev–Trinajstić information content (AvgIpc) is 2.28. The summed E-state index contributed by atoms with van der Waals surface area (Å²) in [5, 5.41) is 5.50. The average molecular weight is 237 g/mol. The minimum absolute atomic E-state index is 0.284. The summed E-state index contributed by atoms with van der Waals surface area (Å²) in [6.07, 6.45) is 0. The van der Waals surface area contributed by atoms with Gasteiger partial charge in [0.2, 0.25) is 0 Å². The van der Waals surface area contributed by atoms with Crippen LogP contribution in [-0.4, -0.2) is 25.2 Å². The molecule has 0 aromatic heterocycles. The normalized spacial score (nSPS) is 10.8. The summed E-state index contributed by atoms with van der Waals surface area (Å²) >= 11 is 0. The van der Waals surface area contributed by atoms with Gasteiger partial charge in [-0.15, -0.1) is 0 Å². The van der Waals surface area contributed by atoms with E-state index in [-0.39, 0.29) is 6.03 Å². The fourth-order valence-electron chi connectivity index (χ4n) is 1.22. The van der Waals surface area contributed by atoms with Gasteiger partial charge in [0.05, 0.1) is 7.11 Å². The molecule has 4 N–H and O–H groups in total. The molecule has 94 valence electrons. The van der Waals surface area contributed by atoms with Gasteiger partial charge in [-0.1, -0.05) is 6.07 Å². The molecule has 2 amide bonds. The van der Waals surface area contributed by atoms with Crippen molar-refractivity contribution in [1.82, 2.24) is 5.32 Å². The largest absolute Gasteiger partial charge is 0.497 e. The van der Waals surface area contributed by atoms with E-state index < -0.39 is 5.54 Å². The predicted octanol–water partition coefficient (Wildman–Crippen LogP) is 1.55. The molecule has 0 fully saturated rings. The molecular formula is C12H19N3O2. The number of amides is 2. The molecule has 1 aromatic carbocycles. The van der Waals surface area contributed by atoms with Gasteiger partial charge in [-0.25, -0.2) is 4.79 Å². The molecule has 0 aliphatic heterocycles. The van der Waals surface area contributed by atoms with Crippen molar-refractivity contribution in [1.29, 1.82) is 0 Å². The van der Waals surface area contributed by atoms with Gasteiger partial charge in [0.1, 0.15) is 5.75 Å². The predicted molar refractivity (Wildman–Crippen MR) is 68.3 cm³/mol. The molecular weight excluding hydrogens is 218 g/mol. The molecule has 0 saturated carbocycles. The second-order valence-electron chi connectivity index (χ2n) is 4.40. The summed E-state index contributed by atoms with van der Waals surface area (Å²) in [7, 11) is 1.58. The van der Waals surface area contributed by atoms with Crippen LogP contribution in [0.3, 0.4) is 0 Å². The Morgan fingerprint density at radius 2 is 2.18 bits per heavy atom. The number of rotatable bonds is 4. The van der Waals surface area contributed by atoms with E-state index in [1.54, 1.807) is 19.2 Å². The van der Waals surface area contributed by atoms with Crippen LogP contribution >= 0.6 is 0 Å². The van der Waals surface area contributed by atoms with Crippen molar-refractivity contribution in [3.8, 4) is 5.75 Å². The van der Waals surface area contributed by atoms with Gasteiger partial charge in [-0.05, 0) is 26.0 Å². The number of carbonyl (C=O) groups excluding carboxylic acids is 1. The summed E-state index contributed by atoms with van der Waals surface area (Å²) in [6, 6.07) is 6.87. The summed E-state index contributed by atoms with van der Waals surface area (Å²) < 4.78 is 5.07. The number of carbonyl (C=O) groups is 1. The molecule has 0 saturated heterocycles. The third-order valence-electron chi connectivity index (χ3n) is 2.29. The number of urea groups is 1. The van der Waals surface area contributed by atoms with Crippen LogP contribution < -0.4 is 21.1 Å². The smallest absolute Gasteiger partial charge is 0.319 e. The van der Waals surface area contributed by atoms with Crippen LogP contribution in [0.5, 0.6) is 5.75 Å². The first-order valence-electron chi connectivity index (χ1n) is 5.40. The Morgan fingerprint density at radius 1 is 1.47 bits per heavy atom. The van der Waals surface area contributed by atoms with Crippen molar-refractivity contribution in [3.63, 3.8) is 0 Å². The van der Waals surface area contributed by atoms with E-state index >= 15 is 0 Å². The highest BCUT2D eigenvalue weighted by molar-refractivity contribution is 5.89. The number of nitrogens with one attached hydrogen (secondary N) is 2. The van der Waals surface area contributed by atoms with Crippen molar-refractivity contribution in [3.05, 3.63) is 24.3 Å². The minimum atomic E-state index is -0.428. The molecule has 17 heavy (non-hydrogen) atoms. The molecule has 5 nitrogen and oxygen atoms in total. The number of nitrogens with two attached hydrogens (primary N) is 1. The standard InChI is InChI=1S/C12H19N3O2/c1-12(2,8-13)15-11(16)14-9-5-4-6-10(7-9)17-3/h4-7H,8,13H2,1-3H3,(H2,14,15,16). The molecule has 0 aliphatic carbocycles. The van der Waals surface area contributed by atoms with E-state index in [0.717, 1.165) is 0 Å². The van der Waals surface area contributed by atoms with Crippen LogP contribution in [0, 0.1) is 0 Å². The Morgan fingerprint density at radius 3 is 2.76 bits per heavy atom. The number of ether oxygens (including phenoxy) is 1. The number of benzene rings is 1. The fourth-order valence-corrected chi connectivity index (χ4v) is 1.22. The number of methoxy groups -OCH3 is 1. The SMILES string of the molecule is COc1cccc(NC(=O)NC(C)(C)CN)c1. The summed E-state index contributed by atoms with van der Waals surface area (Å²) in [4.78, 5) is 11.7. The second kappa shape index (κ2) is 5.54. The van der Waals surface area contributed by atoms with E-state index in [1.165, 1.54) is 0 Å². The van der Waals surface area contributed by atoms with Crippen molar-refractivity contribution in [2.24, 2.45) is 5.73 Å². The summed E-state index contributed by atoms with van der Waals surface area (Å²) in [5.74, 6) is 0.695. The highest BCUT2D eigenvalue weighted by atomic mass is 16.5. The van der Waals surface area contributed by atoms with E-state index in [2.05, 4.69) is 10.6 Å². The molecule has 0 heterocycles. The van der Waals surface area contributed by atoms with Gasteiger partial charge >= 0.3 is 6.03 Å². The van der Waals surface area contributed by atoms with Gasteiger partial charge in [0.15, 0.2) is 0 Å². The second-order valence-corrected chi connectivity index (χ2v) is 4.40. The van der Waals surface area contributed by atoms with Gasteiger partial charge < -0.3 is 21.1 Å². The lowest BCUT2D eigenvalue weighted by Crippen LogP contribution is -2.50. The Hall–Kier alpha value is -1.75. The third kappa shape index (κ3) is 4.32. The van der Waals surface area contributed by atoms with Crippen molar-refractivity contribution >= 4 is 11.7 Å². The van der Waals surface area contributed by atoms with Crippen molar-refractivity contribution < 1.29 is 9.53 Å². The van der Waals surface area contributed by atoms with E-state index in [1.807, 2.05) is 26.0 Å². The van der Waals surface area contributed by atoms with Crippen LogP contribution in [0.4, 0.5) is 10.5 Å². The molecule has 5 heteroatoms. The lowest BCUT2D eigenvalue weighted by atomic mass is 10.1. The van der Waals surface area contributed by atoms with Gasteiger partial charge in [0, 0.05) is 23.8 Å². The van der Waals surface area contributed by atoms with Crippen molar-refractivity contribution in [2.75, 3.05) is 19.0 Å². The molecule has 0 aliphatic rings. The minimum Gasteiger partial charge on any atom is -0.497 e. The molecule has 1 aromatic rings. The highest BCUT2D eigenvalue weighted by Crippen LogP contribution is 2.16. The zero-order chi connectivity index (χ0) is 12.9. The fraction of sp³-hybridized carbons (Fsp3) is 0.417. The first-order chi connectivity index (χ1) is 7.96. The van der Waals surface area contributed by atoms with Crippen molar-refractivity contribution in [2.45, 2.75) is 19.4 Å². The third-order valence-corrected chi connectivity index (χ3v) is 2.29. The Balaban J connectivity index is 2.62. The van der Waals surface area contributed by atoms with Gasteiger partial charge in [0.25, 0.3) is 0 Å². The first-order valence-corrected chi connectivity index (χ1v) is 5.40. The highest BCUT2D eigenvalue weighted by Gasteiger charge is 2.17. The maximum atomic E-state index is 11.7. The Labute approximate surface area is 101 Å². The topological polar surface area (TPSA) is 76.4 Å². The van der Waals surface area contributed by atoms with Gasteiger partial charge in [-0.2, -0.15) is 0 Å².